The number of rotatable bonds is 5. The molecule has 1 amide bonds. The number of likely N-dealkylation sites (tertiary alicyclic amines) is 1. The summed E-state index contributed by atoms with van der Waals surface area (Å²) in [6.45, 7) is 3.85. The Hall–Kier alpha value is -2.01. The van der Waals surface area contributed by atoms with Crippen LogP contribution in [-0.2, 0) is 4.79 Å². The van der Waals surface area contributed by atoms with Crippen LogP contribution in [0.3, 0.4) is 0 Å². The van der Waals surface area contributed by atoms with Crippen LogP contribution >= 0.6 is 0 Å². The molecule has 2 rings (SSSR count). The van der Waals surface area contributed by atoms with Crippen LogP contribution < -0.4 is 15.2 Å². The highest BCUT2D eigenvalue weighted by Crippen LogP contribution is 2.28. The van der Waals surface area contributed by atoms with Crippen LogP contribution in [0.5, 0.6) is 11.5 Å². The molecular weight excluding hydrogens is 268 g/mol. The second-order valence-corrected chi connectivity index (χ2v) is 5.01. The highest BCUT2D eigenvalue weighted by molar-refractivity contribution is 5.92. The Morgan fingerprint density at radius 2 is 2.29 bits per heavy atom. The molecule has 1 saturated heterocycles. The summed E-state index contributed by atoms with van der Waals surface area (Å²) in [4.78, 5) is 13.8. The third-order valence-corrected chi connectivity index (χ3v) is 3.44. The predicted molar refractivity (Wildman–Crippen MR) is 82.4 cm³/mol. The number of hydrogen-bond donors (Lipinski definition) is 1. The van der Waals surface area contributed by atoms with Crippen LogP contribution in [0.4, 0.5) is 0 Å². The maximum absolute atomic E-state index is 12.0. The molecule has 1 atom stereocenters. The standard InChI is InChI=1S/C16H22N2O3/c1-3-21-15-10-12(4-6-14(15)20-2)5-7-16(19)18-9-8-13(17)11-18/h4-7,10,13H,3,8-9,11,17H2,1-2H3/b7-5+. The molecular formula is C16H22N2O3. The van der Waals surface area contributed by atoms with Gasteiger partial charge in [0, 0.05) is 25.2 Å². The van der Waals surface area contributed by atoms with Gasteiger partial charge in [0.15, 0.2) is 11.5 Å². The van der Waals surface area contributed by atoms with Gasteiger partial charge in [0.2, 0.25) is 5.91 Å². The van der Waals surface area contributed by atoms with Gasteiger partial charge in [-0.1, -0.05) is 6.07 Å². The molecule has 0 aromatic heterocycles. The van der Waals surface area contributed by atoms with Crippen LogP contribution in [0.2, 0.25) is 0 Å². The first-order valence-corrected chi connectivity index (χ1v) is 7.17. The zero-order chi connectivity index (χ0) is 15.2. The summed E-state index contributed by atoms with van der Waals surface area (Å²) >= 11 is 0. The Balaban J connectivity index is 2.06. The number of methoxy groups -OCH3 is 1. The first-order chi connectivity index (χ1) is 10.1. The zero-order valence-electron chi connectivity index (χ0n) is 12.5. The quantitative estimate of drug-likeness (QED) is 0.838. The highest BCUT2D eigenvalue weighted by atomic mass is 16.5. The van der Waals surface area contributed by atoms with E-state index in [9.17, 15) is 4.79 Å². The number of nitrogens with two attached hydrogens (primary N) is 1. The topological polar surface area (TPSA) is 64.8 Å². The summed E-state index contributed by atoms with van der Waals surface area (Å²) in [6.07, 6.45) is 4.24. The fourth-order valence-corrected chi connectivity index (χ4v) is 2.33. The van der Waals surface area contributed by atoms with Gasteiger partial charge in [-0.15, -0.1) is 0 Å². The van der Waals surface area contributed by atoms with Crippen molar-refractivity contribution in [1.82, 2.24) is 4.90 Å². The summed E-state index contributed by atoms with van der Waals surface area (Å²) < 4.78 is 10.8. The Kier molecular flexibility index (Phi) is 5.22. The number of amides is 1. The molecule has 21 heavy (non-hydrogen) atoms. The fourth-order valence-electron chi connectivity index (χ4n) is 2.33. The minimum absolute atomic E-state index is 0.00303. The number of hydrogen-bond acceptors (Lipinski definition) is 4. The van der Waals surface area contributed by atoms with Gasteiger partial charge in [0.05, 0.1) is 13.7 Å². The third-order valence-electron chi connectivity index (χ3n) is 3.44. The molecule has 1 aromatic rings. The summed E-state index contributed by atoms with van der Waals surface area (Å²) in [5.74, 6) is 1.36. The Labute approximate surface area is 125 Å². The molecule has 0 aliphatic carbocycles. The van der Waals surface area contributed by atoms with E-state index in [4.69, 9.17) is 15.2 Å². The van der Waals surface area contributed by atoms with Gasteiger partial charge in [-0.25, -0.2) is 0 Å². The molecule has 1 unspecified atom stereocenters. The van der Waals surface area contributed by atoms with Crippen molar-refractivity contribution in [3.8, 4) is 11.5 Å². The molecule has 114 valence electrons. The molecule has 0 bridgehead atoms. The predicted octanol–water partition coefficient (Wildman–Crippen LogP) is 1.67. The molecule has 2 N–H and O–H groups in total. The van der Waals surface area contributed by atoms with Crippen molar-refractivity contribution in [3.05, 3.63) is 29.8 Å². The molecule has 5 nitrogen and oxygen atoms in total. The van der Waals surface area contributed by atoms with Crippen LogP contribution in [-0.4, -0.2) is 43.7 Å². The minimum Gasteiger partial charge on any atom is -0.493 e. The molecule has 0 spiro atoms. The van der Waals surface area contributed by atoms with Crippen LogP contribution in [0.15, 0.2) is 24.3 Å². The van der Waals surface area contributed by atoms with Crippen LogP contribution in [0, 0.1) is 0 Å². The van der Waals surface area contributed by atoms with E-state index in [0.717, 1.165) is 18.5 Å². The lowest BCUT2D eigenvalue weighted by Gasteiger charge is -2.13. The number of carbonyl (C=O) groups excluding carboxylic acids is 1. The average molecular weight is 290 g/mol. The fraction of sp³-hybridized carbons (Fsp3) is 0.438. The monoisotopic (exact) mass is 290 g/mol. The smallest absolute Gasteiger partial charge is 0.246 e. The van der Waals surface area contributed by atoms with E-state index in [1.165, 1.54) is 0 Å². The van der Waals surface area contributed by atoms with E-state index in [-0.39, 0.29) is 11.9 Å². The Morgan fingerprint density at radius 3 is 2.90 bits per heavy atom. The van der Waals surface area contributed by atoms with Crippen molar-refractivity contribution in [2.75, 3.05) is 26.8 Å². The normalized spacial score (nSPS) is 18.2. The van der Waals surface area contributed by atoms with Gasteiger partial charge >= 0.3 is 0 Å². The highest BCUT2D eigenvalue weighted by Gasteiger charge is 2.21. The molecule has 1 aliphatic heterocycles. The van der Waals surface area contributed by atoms with E-state index < -0.39 is 0 Å². The van der Waals surface area contributed by atoms with Crippen molar-refractivity contribution in [2.45, 2.75) is 19.4 Å². The van der Waals surface area contributed by atoms with Gasteiger partial charge in [-0.3, -0.25) is 4.79 Å². The maximum atomic E-state index is 12.0. The van der Waals surface area contributed by atoms with Crippen molar-refractivity contribution >= 4 is 12.0 Å². The Bertz CT molecular complexity index is 528. The first-order valence-electron chi connectivity index (χ1n) is 7.17. The van der Waals surface area contributed by atoms with E-state index in [2.05, 4.69) is 0 Å². The van der Waals surface area contributed by atoms with E-state index in [1.54, 1.807) is 24.2 Å². The molecule has 0 radical (unpaired) electrons. The second-order valence-electron chi connectivity index (χ2n) is 5.01. The molecule has 1 aromatic carbocycles. The van der Waals surface area contributed by atoms with Crippen molar-refractivity contribution in [1.29, 1.82) is 0 Å². The van der Waals surface area contributed by atoms with Crippen molar-refractivity contribution < 1.29 is 14.3 Å². The van der Waals surface area contributed by atoms with Gasteiger partial charge in [0.1, 0.15) is 0 Å². The molecule has 1 heterocycles. The lowest BCUT2D eigenvalue weighted by Crippen LogP contribution is -2.30. The van der Waals surface area contributed by atoms with Gasteiger partial charge in [-0.2, -0.15) is 0 Å². The average Bonchev–Trinajstić information content (AvgIpc) is 2.92. The summed E-state index contributed by atoms with van der Waals surface area (Å²) in [7, 11) is 1.60. The van der Waals surface area contributed by atoms with Crippen molar-refractivity contribution in [2.24, 2.45) is 5.73 Å². The van der Waals surface area contributed by atoms with Crippen LogP contribution in [0.25, 0.3) is 6.08 Å². The molecule has 0 saturated carbocycles. The molecule has 1 fully saturated rings. The van der Waals surface area contributed by atoms with Gasteiger partial charge in [-0.05, 0) is 37.1 Å². The van der Waals surface area contributed by atoms with E-state index in [0.29, 0.717) is 24.7 Å². The van der Waals surface area contributed by atoms with Gasteiger partial charge < -0.3 is 20.1 Å². The van der Waals surface area contributed by atoms with Gasteiger partial charge in [0.25, 0.3) is 0 Å². The summed E-state index contributed by atoms with van der Waals surface area (Å²) in [6, 6.07) is 5.69. The van der Waals surface area contributed by atoms with E-state index >= 15 is 0 Å². The zero-order valence-corrected chi connectivity index (χ0v) is 12.5. The second kappa shape index (κ2) is 7.13. The van der Waals surface area contributed by atoms with Crippen LogP contribution in [0.1, 0.15) is 18.9 Å². The lowest BCUT2D eigenvalue weighted by molar-refractivity contribution is -0.124. The Morgan fingerprint density at radius 1 is 1.48 bits per heavy atom. The number of benzene rings is 1. The molecule has 1 aliphatic rings. The minimum atomic E-state index is -0.00303. The number of ether oxygens (including phenoxy) is 2. The lowest BCUT2D eigenvalue weighted by atomic mass is 10.2. The largest absolute Gasteiger partial charge is 0.493 e. The van der Waals surface area contributed by atoms with E-state index in [1.807, 2.05) is 25.1 Å². The maximum Gasteiger partial charge on any atom is 0.246 e. The SMILES string of the molecule is CCOc1cc(/C=C/C(=O)N2CCC(N)C2)ccc1OC. The summed E-state index contributed by atoms with van der Waals surface area (Å²) in [5, 5.41) is 0. The third kappa shape index (κ3) is 3.98. The van der Waals surface area contributed by atoms with Crippen molar-refractivity contribution in [3.63, 3.8) is 0 Å². The number of carbonyl (C=O) groups is 1. The summed E-state index contributed by atoms with van der Waals surface area (Å²) in [5.41, 5.74) is 6.71. The first kappa shape index (κ1) is 15.4. The molecule has 5 heteroatoms. The number of nitrogens with zero attached hydrogens (tertiary/aromatic N) is 1.